The van der Waals surface area contributed by atoms with Gasteiger partial charge in [0.15, 0.2) is 0 Å². The first-order chi connectivity index (χ1) is 16.0. The van der Waals surface area contributed by atoms with Gasteiger partial charge >= 0.3 is 11.8 Å². The van der Waals surface area contributed by atoms with E-state index in [1.807, 2.05) is 0 Å². The number of sulfonamides is 1. The largest absolute Gasteiger partial charge is 0.323 e. The van der Waals surface area contributed by atoms with Gasteiger partial charge in [-0.1, -0.05) is 23.2 Å². The van der Waals surface area contributed by atoms with Crippen LogP contribution in [-0.2, 0) is 19.6 Å². The SMILES string of the molecule is Cc1cc(NC(=O)C(=O)NS(=O)(=O)c2ccc(Cl)s2)ccc1N1C(=O)c2ccc(Cl)cc2C1=O. The highest BCUT2D eigenvalue weighted by molar-refractivity contribution is 7.92. The fourth-order valence-corrected chi connectivity index (χ4v) is 5.87. The minimum absolute atomic E-state index is 0.151. The van der Waals surface area contributed by atoms with Crippen molar-refractivity contribution >= 4 is 79.6 Å². The lowest BCUT2D eigenvalue weighted by atomic mass is 10.1. The van der Waals surface area contributed by atoms with Crippen LogP contribution in [0.1, 0.15) is 26.3 Å². The number of hydrogen-bond donors (Lipinski definition) is 2. The Hall–Kier alpha value is -3.25. The van der Waals surface area contributed by atoms with Gasteiger partial charge in [-0.2, -0.15) is 0 Å². The molecule has 1 aliphatic heterocycles. The molecule has 0 spiro atoms. The molecule has 3 aromatic rings. The smallest absolute Gasteiger partial charge is 0.318 e. The van der Waals surface area contributed by atoms with Crippen molar-refractivity contribution in [1.82, 2.24) is 4.72 Å². The molecule has 34 heavy (non-hydrogen) atoms. The molecule has 2 aromatic carbocycles. The number of fused-ring (bicyclic) bond motifs is 1. The van der Waals surface area contributed by atoms with Crippen molar-refractivity contribution in [2.75, 3.05) is 10.2 Å². The van der Waals surface area contributed by atoms with Crippen molar-refractivity contribution in [2.24, 2.45) is 0 Å². The summed E-state index contributed by atoms with van der Waals surface area (Å²) >= 11 is 12.4. The highest BCUT2D eigenvalue weighted by atomic mass is 35.5. The lowest BCUT2D eigenvalue weighted by molar-refractivity contribution is -0.135. The molecule has 174 valence electrons. The average molecular weight is 538 g/mol. The highest BCUT2D eigenvalue weighted by Crippen LogP contribution is 2.33. The van der Waals surface area contributed by atoms with E-state index >= 15 is 0 Å². The van der Waals surface area contributed by atoms with Crippen LogP contribution in [0.3, 0.4) is 0 Å². The molecule has 2 N–H and O–H groups in total. The quantitative estimate of drug-likeness (QED) is 0.386. The predicted octanol–water partition coefficient (Wildman–Crippen LogP) is 3.61. The van der Waals surface area contributed by atoms with Crippen molar-refractivity contribution < 1.29 is 27.6 Å². The monoisotopic (exact) mass is 537 g/mol. The number of rotatable bonds is 4. The predicted molar refractivity (Wildman–Crippen MR) is 127 cm³/mol. The van der Waals surface area contributed by atoms with Gasteiger partial charge in [-0.15, -0.1) is 11.3 Å². The zero-order valence-electron chi connectivity index (χ0n) is 17.1. The number of aryl methyl sites for hydroxylation is 1. The molecule has 0 aliphatic carbocycles. The van der Waals surface area contributed by atoms with E-state index in [-0.39, 0.29) is 31.0 Å². The molecule has 1 aliphatic rings. The Morgan fingerprint density at radius 2 is 1.62 bits per heavy atom. The zero-order chi connectivity index (χ0) is 24.8. The minimum Gasteiger partial charge on any atom is -0.318 e. The lowest BCUT2D eigenvalue weighted by Crippen LogP contribution is -2.39. The highest BCUT2D eigenvalue weighted by Gasteiger charge is 2.37. The Morgan fingerprint density at radius 3 is 2.26 bits per heavy atom. The maximum Gasteiger partial charge on any atom is 0.323 e. The first kappa shape index (κ1) is 23.9. The van der Waals surface area contributed by atoms with Crippen LogP contribution in [-0.4, -0.2) is 32.0 Å². The van der Waals surface area contributed by atoms with Crippen molar-refractivity contribution in [3.05, 3.63) is 74.6 Å². The molecule has 0 radical (unpaired) electrons. The average Bonchev–Trinajstić information content (AvgIpc) is 3.30. The number of amides is 4. The van der Waals surface area contributed by atoms with E-state index in [2.05, 4.69) is 5.32 Å². The molecule has 0 unspecified atom stereocenters. The normalized spacial score (nSPS) is 13.1. The third kappa shape index (κ3) is 4.42. The summed E-state index contributed by atoms with van der Waals surface area (Å²) in [6.07, 6.45) is 0. The number of anilines is 2. The minimum atomic E-state index is -4.26. The van der Waals surface area contributed by atoms with E-state index in [0.717, 1.165) is 16.2 Å². The second-order valence-corrected chi connectivity index (χ2v) is 11.1. The number of carbonyl (C=O) groups excluding carboxylic acids is 4. The fraction of sp³-hybridized carbons (Fsp3) is 0.0476. The van der Waals surface area contributed by atoms with Gasteiger partial charge in [0, 0.05) is 10.7 Å². The second kappa shape index (κ2) is 8.84. The van der Waals surface area contributed by atoms with Gasteiger partial charge in [0.25, 0.3) is 21.8 Å². The van der Waals surface area contributed by atoms with Gasteiger partial charge < -0.3 is 5.32 Å². The number of hydrogen-bond acceptors (Lipinski definition) is 7. The molecule has 0 saturated carbocycles. The van der Waals surface area contributed by atoms with Gasteiger partial charge in [-0.3, -0.25) is 19.2 Å². The van der Waals surface area contributed by atoms with Crippen LogP contribution >= 0.6 is 34.5 Å². The van der Waals surface area contributed by atoms with Gasteiger partial charge in [-0.05, 0) is 61.0 Å². The molecule has 0 atom stereocenters. The number of thiophene rings is 1. The molecular formula is C21H13Cl2N3O6S2. The van der Waals surface area contributed by atoms with Gasteiger partial charge in [0.05, 0.1) is 21.2 Å². The summed E-state index contributed by atoms with van der Waals surface area (Å²) in [7, 11) is -4.26. The summed E-state index contributed by atoms with van der Waals surface area (Å²) in [5.41, 5.74) is 1.27. The topological polar surface area (TPSA) is 130 Å². The lowest BCUT2D eigenvalue weighted by Gasteiger charge is -2.17. The summed E-state index contributed by atoms with van der Waals surface area (Å²) in [5.74, 6) is -3.69. The Morgan fingerprint density at radius 1 is 0.912 bits per heavy atom. The van der Waals surface area contributed by atoms with Gasteiger partial charge in [-0.25, -0.2) is 18.0 Å². The van der Waals surface area contributed by atoms with E-state index in [1.54, 1.807) is 11.6 Å². The molecule has 0 bridgehead atoms. The summed E-state index contributed by atoms with van der Waals surface area (Å²) in [6.45, 7) is 1.60. The molecule has 2 heterocycles. The molecule has 4 amide bonds. The van der Waals surface area contributed by atoms with E-state index in [1.165, 1.54) is 48.5 Å². The first-order valence-electron chi connectivity index (χ1n) is 9.40. The molecule has 13 heteroatoms. The molecular weight excluding hydrogens is 525 g/mol. The number of nitrogens with zero attached hydrogens (tertiary/aromatic N) is 1. The third-order valence-corrected chi connectivity index (χ3v) is 8.08. The molecule has 1 aromatic heterocycles. The van der Waals surface area contributed by atoms with Crippen LogP contribution in [0.5, 0.6) is 0 Å². The molecule has 0 saturated heterocycles. The number of benzene rings is 2. The van der Waals surface area contributed by atoms with Crippen LogP contribution in [0.15, 0.2) is 52.7 Å². The van der Waals surface area contributed by atoms with E-state index < -0.39 is 33.7 Å². The van der Waals surface area contributed by atoms with E-state index in [9.17, 15) is 27.6 Å². The molecule has 4 rings (SSSR count). The molecule has 0 fully saturated rings. The third-order valence-electron chi connectivity index (χ3n) is 4.79. The number of carbonyl (C=O) groups is 4. The van der Waals surface area contributed by atoms with Crippen LogP contribution in [0.4, 0.5) is 11.4 Å². The van der Waals surface area contributed by atoms with Gasteiger partial charge in [0.2, 0.25) is 0 Å². The van der Waals surface area contributed by atoms with Crippen molar-refractivity contribution in [1.29, 1.82) is 0 Å². The zero-order valence-corrected chi connectivity index (χ0v) is 20.2. The first-order valence-corrected chi connectivity index (χ1v) is 12.5. The Labute approximate surface area is 207 Å². The maximum absolute atomic E-state index is 12.8. The van der Waals surface area contributed by atoms with Crippen LogP contribution in [0.25, 0.3) is 0 Å². The fourth-order valence-electron chi connectivity index (χ4n) is 3.26. The van der Waals surface area contributed by atoms with Crippen LogP contribution in [0.2, 0.25) is 9.36 Å². The summed E-state index contributed by atoms with van der Waals surface area (Å²) in [6, 6.07) is 11.2. The second-order valence-electron chi connectivity index (χ2n) is 7.08. The van der Waals surface area contributed by atoms with Crippen molar-refractivity contribution in [2.45, 2.75) is 11.1 Å². The Bertz CT molecular complexity index is 1500. The number of imide groups is 1. The van der Waals surface area contributed by atoms with E-state index in [4.69, 9.17) is 23.2 Å². The Balaban J connectivity index is 1.50. The van der Waals surface area contributed by atoms with Crippen molar-refractivity contribution in [3.8, 4) is 0 Å². The van der Waals surface area contributed by atoms with Crippen molar-refractivity contribution in [3.63, 3.8) is 0 Å². The van der Waals surface area contributed by atoms with Gasteiger partial charge in [0.1, 0.15) is 4.21 Å². The summed E-state index contributed by atoms with van der Waals surface area (Å²) in [4.78, 5) is 50.8. The van der Waals surface area contributed by atoms with E-state index in [0.29, 0.717) is 10.6 Å². The molecule has 9 nitrogen and oxygen atoms in total. The maximum atomic E-state index is 12.8. The van der Waals surface area contributed by atoms with Crippen LogP contribution < -0.4 is 14.9 Å². The summed E-state index contributed by atoms with van der Waals surface area (Å²) in [5, 5.41) is 2.60. The number of nitrogens with one attached hydrogen (secondary N) is 2. The number of halogens is 2. The van der Waals surface area contributed by atoms with Crippen LogP contribution in [0, 0.1) is 6.92 Å². The summed E-state index contributed by atoms with van der Waals surface area (Å²) < 4.78 is 26.0. The Kier molecular flexibility index (Phi) is 6.21. The standard InChI is InChI=1S/C21H13Cl2N3O6S2/c1-10-8-12(24-18(27)19(28)25-34(31,32)17-7-6-16(23)33-17)3-5-15(10)26-20(29)13-4-2-11(22)9-14(13)21(26)30/h2-9H,1H3,(H,24,27)(H,25,28).